The molecule has 0 radical (unpaired) electrons. The first-order valence-corrected chi connectivity index (χ1v) is 7.26. The Morgan fingerprint density at radius 3 is 2.67 bits per heavy atom. The molecule has 3 aliphatic carbocycles. The summed E-state index contributed by atoms with van der Waals surface area (Å²) in [5, 5.41) is 0. The summed E-state index contributed by atoms with van der Waals surface area (Å²) in [6.07, 6.45) is 6.53. The van der Waals surface area contributed by atoms with Crippen molar-refractivity contribution in [3.05, 3.63) is 12.7 Å². The van der Waals surface area contributed by atoms with Gasteiger partial charge in [-0.05, 0) is 42.4 Å². The van der Waals surface area contributed by atoms with E-state index in [1.54, 1.807) is 0 Å². The van der Waals surface area contributed by atoms with E-state index in [-0.39, 0.29) is 17.5 Å². The topological polar surface area (TPSA) is 26.3 Å². The highest BCUT2D eigenvalue weighted by Gasteiger charge is 2.71. The van der Waals surface area contributed by atoms with Crippen molar-refractivity contribution < 1.29 is 9.53 Å². The molecule has 2 bridgehead atoms. The second kappa shape index (κ2) is 3.61. The summed E-state index contributed by atoms with van der Waals surface area (Å²) in [6, 6.07) is 0. The lowest BCUT2D eigenvalue weighted by molar-refractivity contribution is -0.154. The second-order valence-corrected chi connectivity index (χ2v) is 7.18. The summed E-state index contributed by atoms with van der Waals surface area (Å²) in [5.41, 5.74) is 0.465. The second-order valence-electron chi connectivity index (χ2n) is 7.18. The van der Waals surface area contributed by atoms with Crippen molar-refractivity contribution in [2.24, 2.45) is 28.6 Å². The maximum absolute atomic E-state index is 11.5. The van der Waals surface area contributed by atoms with Gasteiger partial charge >= 0.3 is 5.97 Å². The fourth-order valence-electron chi connectivity index (χ4n) is 5.58. The molecule has 0 heterocycles. The molecule has 0 aromatic carbocycles. The van der Waals surface area contributed by atoms with Gasteiger partial charge in [-0.3, -0.25) is 0 Å². The van der Waals surface area contributed by atoms with Crippen molar-refractivity contribution in [1.29, 1.82) is 0 Å². The number of esters is 1. The van der Waals surface area contributed by atoms with Crippen LogP contribution < -0.4 is 0 Å². The number of fused-ring (bicyclic) bond motifs is 5. The van der Waals surface area contributed by atoms with Crippen molar-refractivity contribution >= 4 is 5.97 Å². The molecule has 0 spiro atoms. The molecule has 5 atom stereocenters. The summed E-state index contributed by atoms with van der Waals surface area (Å²) in [4.78, 5) is 11.5. The predicted octanol–water partition coefficient (Wildman–Crippen LogP) is 3.57. The molecule has 0 amide bonds. The van der Waals surface area contributed by atoms with E-state index in [9.17, 15) is 4.79 Å². The number of hydrogen-bond acceptors (Lipinski definition) is 2. The largest absolute Gasteiger partial charge is 0.459 e. The molecular weight excluding hydrogens is 224 g/mol. The van der Waals surface area contributed by atoms with E-state index in [4.69, 9.17) is 4.74 Å². The van der Waals surface area contributed by atoms with E-state index in [1.165, 1.54) is 25.3 Å². The van der Waals surface area contributed by atoms with Gasteiger partial charge in [0.15, 0.2) is 0 Å². The molecule has 5 unspecified atom stereocenters. The summed E-state index contributed by atoms with van der Waals surface area (Å²) in [5.74, 6) is 2.12. The Morgan fingerprint density at radius 2 is 2.00 bits per heavy atom. The Labute approximate surface area is 110 Å². The number of carbonyl (C=O) groups is 1. The molecule has 0 aromatic rings. The van der Waals surface area contributed by atoms with Gasteiger partial charge in [0.05, 0.1) is 0 Å². The lowest BCUT2D eigenvalue weighted by Crippen LogP contribution is -2.43. The van der Waals surface area contributed by atoms with Gasteiger partial charge in [-0.25, -0.2) is 4.79 Å². The van der Waals surface area contributed by atoms with Crippen molar-refractivity contribution in [1.82, 2.24) is 0 Å². The molecule has 100 valence electrons. The van der Waals surface area contributed by atoms with E-state index in [0.29, 0.717) is 5.41 Å². The van der Waals surface area contributed by atoms with Gasteiger partial charge in [0.1, 0.15) is 6.10 Å². The smallest absolute Gasteiger partial charge is 0.330 e. The maximum Gasteiger partial charge on any atom is 0.330 e. The van der Waals surface area contributed by atoms with Crippen LogP contribution in [0.2, 0.25) is 0 Å². The summed E-state index contributed by atoms with van der Waals surface area (Å²) in [7, 11) is 0. The average molecular weight is 248 g/mol. The molecule has 0 aliphatic heterocycles. The van der Waals surface area contributed by atoms with E-state index in [0.717, 1.165) is 24.2 Å². The Bertz CT molecular complexity index is 396. The van der Waals surface area contributed by atoms with Crippen LogP contribution in [-0.4, -0.2) is 12.1 Å². The van der Waals surface area contributed by atoms with Gasteiger partial charge in [0.25, 0.3) is 0 Å². The minimum absolute atomic E-state index is 0.0994. The van der Waals surface area contributed by atoms with Crippen molar-refractivity contribution in [3.63, 3.8) is 0 Å². The monoisotopic (exact) mass is 248 g/mol. The molecule has 0 saturated heterocycles. The van der Waals surface area contributed by atoms with E-state index in [2.05, 4.69) is 27.4 Å². The highest BCUT2D eigenvalue weighted by Crippen LogP contribution is 2.74. The molecular formula is C16H24O2. The fourth-order valence-corrected chi connectivity index (χ4v) is 5.58. The van der Waals surface area contributed by atoms with E-state index >= 15 is 0 Å². The first-order chi connectivity index (χ1) is 8.42. The first kappa shape index (κ1) is 12.3. The number of carbonyl (C=O) groups excluding carboxylic acids is 1. The molecule has 3 rings (SSSR count). The fraction of sp³-hybridized carbons (Fsp3) is 0.812. The zero-order chi connectivity index (χ0) is 13.1. The van der Waals surface area contributed by atoms with Crippen LogP contribution in [0.4, 0.5) is 0 Å². The Kier molecular flexibility index (Phi) is 2.46. The van der Waals surface area contributed by atoms with Crippen molar-refractivity contribution in [2.45, 2.75) is 52.6 Å². The third-order valence-electron chi connectivity index (χ3n) is 6.73. The molecule has 3 saturated carbocycles. The quantitative estimate of drug-likeness (QED) is 0.551. The van der Waals surface area contributed by atoms with Crippen molar-refractivity contribution in [3.8, 4) is 0 Å². The third-order valence-corrected chi connectivity index (χ3v) is 6.73. The van der Waals surface area contributed by atoms with Crippen LogP contribution in [0.25, 0.3) is 0 Å². The molecule has 18 heavy (non-hydrogen) atoms. The predicted molar refractivity (Wildman–Crippen MR) is 70.9 cm³/mol. The highest BCUT2D eigenvalue weighted by atomic mass is 16.5. The summed E-state index contributed by atoms with van der Waals surface area (Å²) in [6.45, 7) is 10.7. The number of hydrogen-bond donors (Lipinski definition) is 0. The SMILES string of the molecule is C=CC(=O)OC1CC2C3CCCC3C1(C)C2(C)C. The lowest BCUT2D eigenvalue weighted by atomic mass is 9.64. The van der Waals surface area contributed by atoms with Crippen molar-refractivity contribution in [2.75, 3.05) is 0 Å². The third kappa shape index (κ3) is 1.22. The maximum atomic E-state index is 11.5. The Morgan fingerprint density at radius 1 is 1.28 bits per heavy atom. The van der Waals surface area contributed by atoms with Gasteiger partial charge < -0.3 is 4.74 Å². The minimum Gasteiger partial charge on any atom is -0.459 e. The van der Waals surface area contributed by atoms with Crippen LogP contribution in [0.5, 0.6) is 0 Å². The van der Waals surface area contributed by atoms with Crippen LogP contribution in [0, 0.1) is 28.6 Å². The summed E-state index contributed by atoms with van der Waals surface area (Å²) >= 11 is 0. The van der Waals surface area contributed by atoms with Crippen LogP contribution in [0.15, 0.2) is 12.7 Å². The van der Waals surface area contributed by atoms with Gasteiger partial charge in [0, 0.05) is 11.5 Å². The zero-order valence-electron chi connectivity index (χ0n) is 11.7. The van der Waals surface area contributed by atoms with Crippen LogP contribution in [0.1, 0.15) is 46.5 Å². The highest BCUT2D eigenvalue weighted by molar-refractivity contribution is 5.81. The molecule has 0 N–H and O–H groups in total. The Hall–Kier alpha value is -0.790. The van der Waals surface area contributed by atoms with E-state index in [1.807, 2.05) is 0 Å². The van der Waals surface area contributed by atoms with Crippen LogP contribution in [-0.2, 0) is 9.53 Å². The van der Waals surface area contributed by atoms with Crippen LogP contribution in [0.3, 0.4) is 0 Å². The van der Waals surface area contributed by atoms with E-state index < -0.39 is 0 Å². The van der Waals surface area contributed by atoms with Gasteiger partial charge in [-0.2, -0.15) is 0 Å². The normalized spacial score (nSPS) is 47.9. The molecule has 2 heteroatoms. The van der Waals surface area contributed by atoms with Crippen LogP contribution >= 0.6 is 0 Å². The standard InChI is InChI=1S/C16H24O2/c1-5-14(17)18-13-9-12-10-7-6-8-11(10)16(13,4)15(12,2)3/h5,10-13H,1,6-9H2,2-4H3. The molecule has 3 aliphatic rings. The molecule has 2 nitrogen and oxygen atoms in total. The molecule has 0 aromatic heterocycles. The molecule has 3 fully saturated rings. The lowest BCUT2D eigenvalue weighted by Gasteiger charge is -2.43. The van der Waals surface area contributed by atoms with Gasteiger partial charge in [-0.1, -0.05) is 33.8 Å². The first-order valence-electron chi connectivity index (χ1n) is 7.26. The number of ether oxygens (including phenoxy) is 1. The Balaban J connectivity index is 1.94. The number of rotatable bonds is 2. The van der Waals surface area contributed by atoms with Gasteiger partial charge in [0.2, 0.25) is 0 Å². The zero-order valence-corrected chi connectivity index (χ0v) is 11.7. The summed E-state index contributed by atoms with van der Waals surface area (Å²) < 4.78 is 5.68. The van der Waals surface area contributed by atoms with Gasteiger partial charge in [-0.15, -0.1) is 0 Å². The average Bonchev–Trinajstić information content (AvgIpc) is 2.91. The minimum atomic E-state index is -0.251.